The standard InChI is InChI=1S/C22H29ClFN5O/c23-18-12-27-20(26)10-17(18)21-16(14-1-3-15(25)4-2-14)9-19(24)22(29-21)28-11-13-5-7-30-8-6-13/h9-10,12-15H,1-8,11,25H2,(H2,26,27)(H,28,29). The van der Waals surface area contributed by atoms with Crippen molar-refractivity contribution < 1.29 is 9.13 Å². The van der Waals surface area contributed by atoms with Crippen molar-refractivity contribution in [1.82, 2.24) is 9.97 Å². The Balaban J connectivity index is 1.68. The minimum atomic E-state index is -0.339. The highest BCUT2D eigenvalue weighted by molar-refractivity contribution is 6.33. The monoisotopic (exact) mass is 433 g/mol. The highest BCUT2D eigenvalue weighted by Crippen LogP contribution is 2.40. The summed E-state index contributed by atoms with van der Waals surface area (Å²) in [7, 11) is 0. The van der Waals surface area contributed by atoms with Gasteiger partial charge in [-0.25, -0.2) is 14.4 Å². The van der Waals surface area contributed by atoms with Crippen molar-refractivity contribution in [2.24, 2.45) is 11.7 Å². The van der Waals surface area contributed by atoms with Crippen LogP contribution in [0.3, 0.4) is 0 Å². The van der Waals surface area contributed by atoms with Gasteiger partial charge in [-0.05, 0) is 68.1 Å². The van der Waals surface area contributed by atoms with E-state index in [1.54, 1.807) is 12.1 Å². The third-order valence-electron chi connectivity index (χ3n) is 6.25. The molecule has 0 atom stereocenters. The molecule has 1 aliphatic carbocycles. The quantitative estimate of drug-likeness (QED) is 0.648. The van der Waals surface area contributed by atoms with Gasteiger partial charge in [0.05, 0.1) is 10.7 Å². The fourth-order valence-corrected chi connectivity index (χ4v) is 4.60. The number of aromatic nitrogens is 2. The Labute approximate surface area is 181 Å². The van der Waals surface area contributed by atoms with Crippen LogP contribution in [0.15, 0.2) is 18.3 Å². The Morgan fingerprint density at radius 1 is 1.13 bits per heavy atom. The predicted molar refractivity (Wildman–Crippen MR) is 118 cm³/mol. The van der Waals surface area contributed by atoms with E-state index in [0.717, 1.165) is 57.3 Å². The van der Waals surface area contributed by atoms with Gasteiger partial charge in [0.1, 0.15) is 5.82 Å². The topological polar surface area (TPSA) is 99.1 Å². The van der Waals surface area contributed by atoms with Gasteiger partial charge in [0.25, 0.3) is 0 Å². The summed E-state index contributed by atoms with van der Waals surface area (Å²) in [4.78, 5) is 8.76. The first-order valence-corrected chi connectivity index (χ1v) is 11.1. The number of anilines is 2. The molecule has 2 fully saturated rings. The first-order chi connectivity index (χ1) is 14.5. The molecule has 0 aromatic carbocycles. The van der Waals surface area contributed by atoms with Crippen molar-refractivity contribution in [3.05, 3.63) is 34.7 Å². The summed E-state index contributed by atoms with van der Waals surface area (Å²) in [5, 5.41) is 3.66. The van der Waals surface area contributed by atoms with Crippen LogP contribution in [0, 0.1) is 11.7 Å². The molecule has 1 saturated carbocycles. The molecule has 1 aliphatic heterocycles. The molecule has 2 aliphatic rings. The molecule has 0 unspecified atom stereocenters. The van der Waals surface area contributed by atoms with Crippen LogP contribution in [0.2, 0.25) is 5.02 Å². The molecule has 0 amide bonds. The molecule has 0 spiro atoms. The van der Waals surface area contributed by atoms with Gasteiger partial charge in [-0.2, -0.15) is 0 Å². The summed E-state index contributed by atoms with van der Waals surface area (Å²) < 4.78 is 20.5. The van der Waals surface area contributed by atoms with Crippen LogP contribution in [0.5, 0.6) is 0 Å². The fourth-order valence-electron chi connectivity index (χ4n) is 4.41. The van der Waals surface area contributed by atoms with Crippen molar-refractivity contribution in [1.29, 1.82) is 0 Å². The van der Waals surface area contributed by atoms with Gasteiger partial charge in [-0.1, -0.05) is 11.6 Å². The molecular formula is C22H29ClFN5O. The summed E-state index contributed by atoms with van der Waals surface area (Å²) >= 11 is 6.45. The zero-order valence-corrected chi connectivity index (χ0v) is 17.8. The number of rotatable bonds is 5. The second-order valence-corrected chi connectivity index (χ2v) is 8.80. The molecule has 2 aromatic rings. The number of hydrogen-bond acceptors (Lipinski definition) is 6. The Hall–Kier alpha value is -1.96. The van der Waals surface area contributed by atoms with Gasteiger partial charge < -0.3 is 21.5 Å². The molecule has 3 heterocycles. The van der Waals surface area contributed by atoms with Crippen LogP contribution >= 0.6 is 11.6 Å². The third-order valence-corrected chi connectivity index (χ3v) is 6.55. The highest BCUT2D eigenvalue weighted by atomic mass is 35.5. The van der Waals surface area contributed by atoms with Crippen LogP contribution in [0.1, 0.15) is 50.0 Å². The van der Waals surface area contributed by atoms with E-state index in [-0.39, 0.29) is 23.6 Å². The number of halogens is 2. The lowest BCUT2D eigenvalue weighted by molar-refractivity contribution is 0.0699. The van der Waals surface area contributed by atoms with Crippen molar-refractivity contribution in [2.75, 3.05) is 30.8 Å². The number of hydrogen-bond donors (Lipinski definition) is 3. The zero-order chi connectivity index (χ0) is 21.1. The Kier molecular flexibility index (Phi) is 6.71. The summed E-state index contributed by atoms with van der Waals surface area (Å²) in [5.74, 6) is 0.904. The normalized spacial score (nSPS) is 22.8. The summed E-state index contributed by atoms with van der Waals surface area (Å²) in [6.07, 6.45) is 7.10. The highest BCUT2D eigenvalue weighted by Gasteiger charge is 2.26. The molecule has 4 rings (SSSR count). The second-order valence-electron chi connectivity index (χ2n) is 8.39. The van der Waals surface area contributed by atoms with E-state index in [4.69, 9.17) is 32.8 Å². The second kappa shape index (κ2) is 9.45. The number of ether oxygens (including phenoxy) is 1. The lowest BCUT2D eigenvalue weighted by Crippen LogP contribution is -2.26. The zero-order valence-electron chi connectivity index (χ0n) is 17.0. The first-order valence-electron chi connectivity index (χ1n) is 10.7. The molecule has 2 aromatic heterocycles. The molecule has 0 bridgehead atoms. The van der Waals surface area contributed by atoms with E-state index < -0.39 is 0 Å². The van der Waals surface area contributed by atoms with E-state index in [2.05, 4.69) is 10.3 Å². The van der Waals surface area contributed by atoms with Crippen LogP contribution in [-0.2, 0) is 4.74 Å². The van der Waals surface area contributed by atoms with Crippen LogP contribution in [0.4, 0.5) is 16.0 Å². The van der Waals surface area contributed by atoms with Gasteiger partial charge in [0.15, 0.2) is 11.6 Å². The number of nitrogens with zero attached hydrogens (tertiary/aromatic N) is 2. The smallest absolute Gasteiger partial charge is 0.165 e. The van der Waals surface area contributed by atoms with E-state index in [0.29, 0.717) is 34.6 Å². The first kappa shape index (κ1) is 21.3. The van der Waals surface area contributed by atoms with Crippen LogP contribution in [0.25, 0.3) is 11.3 Å². The van der Waals surface area contributed by atoms with Gasteiger partial charge in [0, 0.05) is 37.6 Å². The average Bonchev–Trinajstić information content (AvgIpc) is 2.76. The number of nitrogen functional groups attached to an aromatic ring is 1. The Morgan fingerprint density at radius 2 is 1.87 bits per heavy atom. The lowest BCUT2D eigenvalue weighted by Gasteiger charge is -2.28. The minimum Gasteiger partial charge on any atom is -0.384 e. The average molecular weight is 434 g/mol. The fraction of sp³-hybridized carbons (Fsp3) is 0.545. The molecule has 1 saturated heterocycles. The van der Waals surface area contributed by atoms with E-state index in [1.807, 2.05) is 0 Å². The molecular weight excluding hydrogens is 405 g/mol. The summed E-state index contributed by atoms with van der Waals surface area (Å²) in [6.45, 7) is 2.17. The number of nitrogens with two attached hydrogens (primary N) is 2. The van der Waals surface area contributed by atoms with Crippen molar-refractivity contribution in [2.45, 2.75) is 50.5 Å². The minimum absolute atomic E-state index is 0.191. The molecule has 6 nitrogen and oxygen atoms in total. The Bertz CT molecular complexity index is 882. The molecule has 5 N–H and O–H groups in total. The van der Waals surface area contributed by atoms with Gasteiger partial charge in [-0.3, -0.25) is 0 Å². The summed E-state index contributed by atoms with van der Waals surface area (Å²) in [5.41, 5.74) is 14.2. The summed E-state index contributed by atoms with van der Waals surface area (Å²) in [6, 6.07) is 3.54. The Morgan fingerprint density at radius 3 is 2.60 bits per heavy atom. The maximum absolute atomic E-state index is 15.1. The lowest BCUT2D eigenvalue weighted by atomic mass is 9.80. The maximum atomic E-state index is 15.1. The molecule has 30 heavy (non-hydrogen) atoms. The van der Waals surface area contributed by atoms with Crippen LogP contribution < -0.4 is 16.8 Å². The van der Waals surface area contributed by atoms with Crippen molar-refractivity contribution in [3.63, 3.8) is 0 Å². The molecule has 162 valence electrons. The van der Waals surface area contributed by atoms with Crippen molar-refractivity contribution in [3.8, 4) is 11.3 Å². The van der Waals surface area contributed by atoms with Gasteiger partial charge in [0.2, 0.25) is 0 Å². The largest absolute Gasteiger partial charge is 0.384 e. The van der Waals surface area contributed by atoms with Gasteiger partial charge in [-0.15, -0.1) is 0 Å². The number of nitrogens with one attached hydrogen (secondary N) is 1. The predicted octanol–water partition coefficient (Wildman–Crippen LogP) is 4.34. The SMILES string of the molecule is Nc1cc(-c2nc(NCC3CCOCC3)c(F)cc2C2CCC(N)CC2)c(Cl)cn1. The third kappa shape index (κ3) is 4.85. The number of pyridine rings is 2. The van der Waals surface area contributed by atoms with E-state index in [9.17, 15) is 0 Å². The van der Waals surface area contributed by atoms with Crippen molar-refractivity contribution >= 4 is 23.2 Å². The molecule has 8 heteroatoms. The molecule has 0 radical (unpaired) electrons. The van der Waals surface area contributed by atoms with Gasteiger partial charge >= 0.3 is 0 Å². The van der Waals surface area contributed by atoms with Crippen LogP contribution in [-0.4, -0.2) is 35.8 Å². The van der Waals surface area contributed by atoms with E-state index in [1.165, 1.54) is 6.20 Å². The van der Waals surface area contributed by atoms with E-state index >= 15 is 4.39 Å². The maximum Gasteiger partial charge on any atom is 0.165 e.